The fourth-order valence-corrected chi connectivity index (χ4v) is 4.07. The maximum absolute atomic E-state index is 12.5. The Morgan fingerprint density at radius 1 is 1.14 bits per heavy atom. The molecule has 1 N–H and O–H groups in total. The molecule has 2 aromatic rings. The Morgan fingerprint density at radius 3 is 2.46 bits per heavy atom. The Kier molecular flexibility index (Phi) is 6.70. The highest BCUT2D eigenvalue weighted by atomic mass is 35.5. The molecule has 0 fully saturated rings. The van der Waals surface area contributed by atoms with Crippen molar-refractivity contribution in [3.05, 3.63) is 57.1 Å². The van der Waals surface area contributed by atoms with Crippen molar-refractivity contribution in [3.8, 4) is 11.5 Å². The molecule has 0 saturated carbocycles. The van der Waals surface area contributed by atoms with E-state index in [1.54, 1.807) is 26.4 Å². The van der Waals surface area contributed by atoms with Crippen molar-refractivity contribution in [1.82, 2.24) is 10.2 Å². The lowest BCUT2D eigenvalue weighted by atomic mass is 9.98. The van der Waals surface area contributed by atoms with Crippen molar-refractivity contribution in [2.75, 3.05) is 27.3 Å². The van der Waals surface area contributed by atoms with Gasteiger partial charge in [-0.15, -0.1) is 0 Å². The minimum absolute atomic E-state index is 0.0394. The van der Waals surface area contributed by atoms with E-state index in [0.717, 1.165) is 29.8 Å². The average Bonchev–Trinajstić information content (AvgIpc) is 2.66. The van der Waals surface area contributed by atoms with Gasteiger partial charge in [0, 0.05) is 23.1 Å². The molecular weight excluding hydrogens is 399 g/mol. The highest BCUT2D eigenvalue weighted by molar-refractivity contribution is 6.35. The van der Waals surface area contributed by atoms with Crippen molar-refractivity contribution < 1.29 is 14.3 Å². The van der Waals surface area contributed by atoms with Gasteiger partial charge in [-0.1, -0.05) is 29.3 Å². The lowest BCUT2D eigenvalue weighted by Crippen LogP contribution is -2.40. The number of methoxy groups -OCH3 is 2. The summed E-state index contributed by atoms with van der Waals surface area (Å²) in [6.07, 6.45) is 0.863. The molecule has 1 amide bonds. The summed E-state index contributed by atoms with van der Waals surface area (Å²) < 4.78 is 10.8. The number of hydrogen-bond donors (Lipinski definition) is 1. The van der Waals surface area contributed by atoms with Crippen LogP contribution in [0.15, 0.2) is 30.3 Å². The summed E-state index contributed by atoms with van der Waals surface area (Å²) >= 11 is 12.2. The van der Waals surface area contributed by atoms with E-state index in [2.05, 4.69) is 10.2 Å². The molecule has 0 aromatic heterocycles. The lowest BCUT2D eigenvalue weighted by molar-refractivity contribution is -0.123. The quantitative estimate of drug-likeness (QED) is 0.755. The van der Waals surface area contributed by atoms with Gasteiger partial charge >= 0.3 is 0 Å². The monoisotopic (exact) mass is 422 g/mol. The van der Waals surface area contributed by atoms with Crippen molar-refractivity contribution in [2.24, 2.45) is 0 Å². The van der Waals surface area contributed by atoms with Crippen LogP contribution in [0.3, 0.4) is 0 Å². The fourth-order valence-electron chi connectivity index (χ4n) is 3.50. The van der Waals surface area contributed by atoms with E-state index in [4.69, 9.17) is 32.7 Å². The highest BCUT2D eigenvalue weighted by Gasteiger charge is 2.22. The van der Waals surface area contributed by atoms with Crippen LogP contribution in [0, 0.1) is 0 Å². The minimum atomic E-state index is -0.196. The number of nitrogens with one attached hydrogen (secondary N) is 1. The smallest absolute Gasteiger partial charge is 0.234 e. The second-order valence-corrected chi connectivity index (χ2v) is 7.74. The summed E-state index contributed by atoms with van der Waals surface area (Å²) in [4.78, 5) is 14.7. The van der Waals surface area contributed by atoms with Crippen LogP contribution in [0.1, 0.15) is 29.7 Å². The normalized spacial score (nSPS) is 14.9. The van der Waals surface area contributed by atoms with Crippen LogP contribution in [0.5, 0.6) is 11.5 Å². The van der Waals surface area contributed by atoms with Crippen molar-refractivity contribution in [3.63, 3.8) is 0 Å². The zero-order valence-electron chi connectivity index (χ0n) is 16.2. The second-order valence-electron chi connectivity index (χ2n) is 6.89. The van der Waals surface area contributed by atoms with Crippen LogP contribution in [-0.2, 0) is 17.8 Å². The van der Waals surface area contributed by atoms with E-state index in [0.29, 0.717) is 28.9 Å². The average molecular weight is 423 g/mol. The van der Waals surface area contributed by atoms with Gasteiger partial charge in [0.25, 0.3) is 0 Å². The topological polar surface area (TPSA) is 50.8 Å². The number of rotatable bonds is 6. The molecule has 1 heterocycles. The predicted molar refractivity (Wildman–Crippen MR) is 112 cm³/mol. The first-order valence-corrected chi connectivity index (χ1v) is 9.87. The summed E-state index contributed by atoms with van der Waals surface area (Å²) in [7, 11) is 3.26. The number of carbonyl (C=O) groups excluding carboxylic acids is 1. The third-order valence-corrected chi connectivity index (χ3v) is 5.53. The zero-order valence-corrected chi connectivity index (χ0v) is 17.7. The molecule has 0 unspecified atom stereocenters. The summed E-state index contributed by atoms with van der Waals surface area (Å²) in [5.41, 5.74) is 3.24. The Balaban J connectivity index is 1.62. The van der Waals surface area contributed by atoms with Crippen LogP contribution in [0.25, 0.3) is 0 Å². The van der Waals surface area contributed by atoms with Crippen LogP contribution in [0.2, 0.25) is 10.0 Å². The molecule has 1 atom stereocenters. The Hall–Kier alpha value is -1.95. The lowest BCUT2D eigenvalue weighted by Gasteiger charge is -2.29. The van der Waals surface area contributed by atoms with Gasteiger partial charge in [0.2, 0.25) is 5.91 Å². The molecule has 0 aliphatic carbocycles. The molecule has 1 aliphatic rings. The SMILES string of the molecule is COc1cc2c(cc1OC)CN(CC(=O)N[C@@H](C)c1ccc(Cl)cc1Cl)CC2. The molecule has 0 spiro atoms. The van der Waals surface area contributed by atoms with Gasteiger partial charge in [-0.05, 0) is 54.3 Å². The minimum Gasteiger partial charge on any atom is -0.493 e. The van der Waals surface area contributed by atoms with Gasteiger partial charge in [0.05, 0.1) is 26.8 Å². The first-order chi connectivity index (χ1) is 13.4. The number of ether oxygens (including phenoxy) is 2. The molecule has 150 valence electrons. The van der Waals surface area contributed by atoms with Crippen molar-refractivity contribution in [1.29, 1.82) is 0 Å². The third-order valence-electron chi connectivity index (χ3n) is 4.97. The Morgan fingerprint density at radius 2 is 1.82 bits per heavy atom. The molecule has 2 aromatic carbocycles. The summed E-state index contributed by atoms with van der Waals surface area (Å²) in [5, 5.41) is 4.14. The number of fused-ring (bicyclic) bond motifs is 1. The van der Waals surface area contributed by atoms with E-state index in [9.17, 15) is 4.79 Å². The maximum Gasteiger partial charge on any atom is 0.234 e. The number of carbonyl (C=O) groups is 1. The molecule has 0 radical (unpaired) electrons. The van der Waals surface area contributed by atoms with Crippen molar-refractivity contribution in [2.45, 2.75) is 25.9 Å². The van der Waals surface area contributed by atoms with Gasteiger partial charge in [0.1, 0.15) is 0 Å². The molecular formula is C21H24Cl2N2O3. The first-order valence-electron chi connectivity index (χ1n) is 9.11. The van der Waals surface area contributed by atoms with Crippen LogP contribution >= 0.6 is 23.2 Å². The molecule has 0 saturated heterocycles. The summed E-state index contributed by atoms with van der Waals surface area (Å²) in [5.74, 6) is 1.40. The predicted octanol–water partition coefficient (Wildman–Crippen LogP) is 4.25. The van der Waals surface area contributed by atoms with Crippen LogP contribution < -0.4 is 14.8 Å². The van der Waals surface area contributed by atoms with Gasteiger partial charge in [-0.3, -0.25) is 9.69 Å². The third kappa shape index (κ3) is 4.72. The summed E-state index contributed by atoms with van der Waals surface area (Å²) in [6.45, 7) is 3.74. The second kappa shape index (κ2) is 9.03. The van der Waals surface area contributed by atoms with E-state index in [-0.39, 0.29) is 11.9 Å². The van der Waals surface area contributed by atoms with E-state index in [1.807, 2.05) is 25.1 Å². The number of amides is 1. The van der Waals surface area contributed by atoms with Gasteiger partial charge in [-0.25, -0.2) is 0 Å². The Labute approximate surface area is 175 Å². The van der Waals surface area contributed by atoms with Gasteiger partial charge < -0.3 is 14.8 Å². The fraction of sp³-hybridized carbons (Fsp3) is 0.381. The van der Waals surface area contributed by atoms with Crippen LogP contribution in [-0.4, -0.2) is 38.1 Å². The van der Waals surface area contributed by atoms with Gasteiger partial charge in [0.15, 0.2) is 11.5 Å². The van der Waals surface area contributed by atoms with Crippen molar-refractivity contribution >= 4 is 29.1 Å². The van der Waals surface area contributed by atoms with Crippen LogP contribution in [0.4, 0.5) is 0 Å². The largest absolute Gasteiger partial charge is 0.493 e. The Bertz CT molecular complexity index is 873. The molecule has 1 aliphatic heterocycles. The number of nitrogens with zero attached hydrogens (tertiary/aromatic N) is 1. The van der Waals surface area contributed by atoms with E-state index >= 15 is 0 Å². The molecule has 7 heteroatoms. The molecule has 3 rings (SSSR count). The maximum atomic E-state index is 12.5. The van der Waals surface area contributed by atoms with E-state index in [1.165, 1.54) is 5.56 Å². The van der Waals surface area contributed by atoms with E-state index < -0.39 is 0 Å². The first kappa shape index (κ1) is 20.8. The number of hydrogen-bond acceptors (Lipinski definition) is 4. The molecule has 0 bridgehead atoms. The number of benzene rings is 2. The zero-order chi connectivity index (χ0) is 20.3. The standard InChI is InChI=1S/C21H24Cl2N2O3/c1-13(17-5-4-16(22)10-18(17)23)24-21(26)12-25-7-6-14-8-19(27-2)20(28-3)9-15(14)11-25/h4-5,8-10,13H,6-7,11-12H2,1-3H3,(H,24,26)/t13-/m0/s1. The molecule has 28 heavy (non-hydrogen) atoms. The molecule has 5 nitrogen and oxygen atoms in total. The number of halogens is 2. The van der Waals surface area contributed by atoms with Gasteiger partial charge in [-0.2, -0.15) is 0 Å². The highest BCUT2D eigenvalue weighted by Crippen LogP contribution is 2.33. The summed E-state index contributed by atoms with van der Waals surface area (Å²) in [6, 6.07) is 9.12.